The van der Waals surface area contributed by atoms with Gasteiger partial charge in [-0.15, -0.1) is 11.8 Å². The van der Waals surface area contributed by atoms with Crippen molar-refractivity contribution in [2.24, 2.45) is 0 Å². The lowest BCUT2D eigenvalue weighted by atomic mass is 9.90. The normalized spacial score (nSPS) is 22.4. The van der Waals surface area contributed by atoms with Crippen molar-refractivity contribution in [3.63, 3.8) is 0 Å². The molecule has 2 unspecified atom stereocenters. The minimum Gasteiger partial charge on any atom is -0.375 e. The van der Waals surface area contributed by atoms with Crippen LogP contribution in [0, 0.1) is 0 Å². The molecular weight excluding hydrogens is 230 g/mol. The molecular formula is C14H21NOS. The van der Waals surface area contributed by atoms with Gasteiger partial charge in [0.25, 0.3) is 0 Å². The van der Waals surface area contributed by atoms with Gasteiger partial charge in [-0.1, -0.05) is 19.1 Å². The Morgan fingerprint density at radius 3 is 2.71 bits per heavy atom. The van der Waals surface area contributed by atoms with E-state index in [1.54, 1.807) is 11.8 Å². The maximum absolute atomic E-state index is 5.87. The highest BCUT2D eigenvalue weighted by Crippen LogP contribution is 2.27. The van der Waals surface area contributed by atoms with Gasteiger partial charge in [-0.05, 0) is 30.4 Å². The smallest absolute Gasteiger partial charge is 0.0768 e. The van der Waals surface area contributed by atoms with Crippen molar-refractivity contribution in [1.29, 1.82) is 0 Å². The molecule has 0 saturated carbocycles. The Bertz CT molecular complexity index is 333. The molecule has 1 N–H and O–H groups in total. The lowest BCUT2D eigenvalue weighted by Gasteiger charge is -2.30. The third-order valence-electron chi connectivity index (χ3n) is 3.39. The van der Waals surface area contributed by atoms with Crippen molar-refractivity contribution in [3.8, 4) is 0 Å². The fourth-order valence-corrected chi connectivity index (χ4v) is 2.82. The zero-order valence-electron chi connectivity index (χ0n) is 10.6. The highest BCUT2D eigenvalue weighted by Gasteiger charge is 2.24. The van der Waals surface area contributed by atoms with Crippen molar-refractivity contribution in [2.45, 2.75) is 30.3 Å². The Morgan fingerprint density at radius 1 is 1.41 bits per heavy atom. The van der Waals surface area contributed by atoms with Gasteiger partial charge in [0.2, 0.25) is 0 Å². The molecule has 0 spiro atoms. The van der Waals surface area contributed by atoms with Gasteiger partial charge in [0, 0.05) is 23.9 Å². The highest BCUT2D eigenvalue weighted by atomic mass is 32.2. The predicted molar refractivity (Wildman–Crippen MR) is 73.9 cm³/mol. The van der Waals surface area contributed by atoms with Crippen LogP contribution in [0.15, 0.2) is 29.2 Å². The lowest BCUT2D eigenvalue weighted by molar-refractivity contribution is 0.0102. The minimum atomic E-state index is 0.328. The molecule has 3 heteroatoms. The third kappa shape index (κ3) is 3.24. The zero-order valence-corrected chi connectivity index (χ0v) is 11.4. The Kier molecular flexibility index (Phi) is 4.89. The fraction of sp³-hybridized carbons (Fsp3) is 0.571. The van der Waals surface area contributed by atoms with Crippen molar-refractivity contribution < 1.29 is 4.74 Å². The molecule has 17 heavy (non-hydrogen) atoms. The fourth-order valence-electron chi connectivity index (χ4n) is 2.41. The van der Waals surface area contributed by atoms with Crippen LogP contribution in [0.1, 0.15) is 24.8 Å². The molecule has 0 aromatic heterocycles. The second-order valence-electron chi connectivity index (χ2n) is 4.40. The van der Waals surface area contributed by atoms with Crippen LogP contribution in [0.25, 0.3) is 0 Å². The molecule has 0 radical (unpaired) electrons. The van der Waals surface area contributed by atoms with E-state index in [0.717, 1.165) is 26.1 Å². The molecule has 0 amide bonds. The second-order valence-corrected chi connectivity index (χ2v) is 5.28. The lowest BCUT2D eigenvalue weighted by Crippen LogP contribution is -2.41. The van der Waals surface area contributed by atoms with E-state index < -0.39 is 0 Å². The molecule has 0 bridgehead atoms. The van der Waals surface area contributed by atoms with Crippen LogP contribution in [0.3, 0.4) is 0 Å². The van der Waals surface area contributed by atoms with Gasteiger partial charge in [-0.25, -0.2) is 0 Å². The topological polar surface area (TPSA) is 21.3 Å². The highest BCUT2D eigenvalue weighted by molar-refractivity contribution is 7.98. The maximum Gasteiger partial charge on any atom is 0.0768 e. The van der Waals surface area contributed by atoms with E-state index in [-0.39, 0.29) is 0 Å². The third-order valence-corrected chi connectivity index (χ3v) is 4.13. The second kappa shape index (κ2) is 6.43. The zero-order chi connectivity index (χ0) is 12.1. The first kappa shape index (κ1) is 12.9. The summed E-state index contributed by atoms with van der Waals surface area (Å²) < 4.78 is 5.87. The van der Waals surface area contributed by atoms with Gasteiger partial charge in [0.15, 0.2) is 0 Å². The molecule has 1 aromatic rings. The molecule has 0 aliphatic carbocycles. The quantitative estimate of drug-likeness (QED) is 0.831. The first-order valence-electron chi connectivity index (χ1n) is 6.31. The van der Waals surface area contributed by atoms with Gasteiger partial charge in [-0.2, -0.15) is 0 Å². The van der Waals surface area contributed by atoms with E-state index >= 15 is 0 Å². The molecule has 1 aliphatic heterocycles. The molecule has 1 saturated heterocycles. The Morgan fingerprint density at radius 2 is 2.18 bits per heavy atom. The standard InChI is InChI=1S/C14H21NOS/c1-3-13(14-10-15-8-9-16-14)11-4-6-12(17-2)7-5-11/h4-7,13-15H,3,8-10H2,1-2H3. The summed E-state index contributed by atoms with van der Waals surface area (Å²) in [6, 6.07) is 8.91. The number of nitrogens with one attached hydrogen (secondary N) is 1. The number of ether oxygens (including phenoxy) is 1. The summed E-state index contributed by atoms with van der Waals surface area (Å²) in [4.78, 5) is 1.33. The summed E-state index contributed by atoms with van der Waals surface area (Å²) in [5.41, 5.74) is 1.40. The predicted octanol–water partition coefficient (Wildman–Crippen LogP) is 2.89. The Labute approximate surface area is 108 Å². The molecule has 1 heterocycles. The van der Waals surface area contributed by atoms with Gasteiger partial charge >= 0.3 is 0 Å². The van der Waals surface area contributed by atoms with Crippen molar-refractivity contribution in [2.75, 3.05) is 26.0 Å². The van der Waals surface area contributed by atoms with E-state index in [9.17, 15) is 0 Å². The van der Waals surface area contributed by atoms with E-state index in [4.69, 9.17) is 4.74 Å². The number of thioether (sulfide) groups is 1. The molecule has 94 valence electrons. The molecule has 1 aromatic carbocycles. The molecule has 2 rings (SSSR count). The van der Waals surface area contributed by atoms with Crippen molar-refractivity contribution >= 4 is 11.8 Å². The van der Waals surface area contributed by atoms with Crippen LogP contribution < -0.4 is 5.32 Å². The summed E-state index contributed by atoms with van der Waals surface area (Å²) in [5, 5.41) is 3.41. The van der Waals surface area contributed by atoms with Gasteiger partial charge in [0.05, 0.1) is 12.7 Å². The van der Waals surface area contributed by atoms with Gasteiger partial charge in [-0.3, -0.25) is 0 Å². The van der Waals surface area contributed by atoms with Crippen LogP contribution in [0.2, 0.25) is 0 Å². The Balaban J connectivity index is 2.10. The summed E-state index contributed by atoms with van der Waals surface area (Å²) in [6.07, 6.45) is 3.57. The van der Waals surface area contributed by atoms with Crippen LogP contribution in [0.4, 0.5) is 0 Å². The number of hydrogen-bond acceptors (Lipinski definition) is 3. The van der Waals surface area contributed by atoms with Crippen LogP contribution in [-0.4, -0.2) is 32.1 Å². The van der Waals surface area contributed by atoms with E-state index in [0.29, 0.717) is 12.0 Å². The van der Waals surface area contributed by atoms with Crippen molar-refractivity contribution in [3.05, 3.63) is 29.8 Å². The average Bonchev–Trinajstić information content (AvgIpc) is 2.42. The largest absolute Gasteiger partial charge is 0.375 e. The van der Waals surface area contributed by atoms with Gasteiger partial charge < -0.3 is 10.1 Å². The number of hydrogen-bond donors (Lipinski definition) is 1. The Hall–Kier alpha value is -0.510. The summed E-state index contributed by atoms with van der Waals surface area (Å²) in [7, 11) is 0. The number of rotatable bonds is 4. The van der Waals surface area contributed by atoms with Crippen molar-refractivity contribution in [1.82, 2.24) is 5.32 Å². The first-order chi connectivity index (χ1) is 8.35. The summed E-state index contributed by atoms with van der Waals surface area (Å²) >= 11 is 1.79. The van der Waals surface area contributed by atoms with Gasteiger partial charge in [0.1, 0.15) is 0 Å². The van der Waals surface area contributed by atoms with E-state index in [1.807, 2.05) is 0 Å². The molecule has 1 fully saturated rings. The van der Waals surface area contributed by atoms with E-state index in [1.165, 1.54) is 10.5 Å². The molecule has 1 aliphatic rings. The monoisotopic (exact) mass is 251 g/mol. The summed E-state index contributed by atoms with van der Waals surface area (Å²) in [6.45, 7) is 5.04. The van der Waals surface area contributed by atoms with Crippen LogP contribution in [0.5, 0.6) is 0 Å². The molecule has 2 nitrogen and oxygen atoms in total. The average molecular weight is 251 g/mol. The minimum absolute atomic E-state index is 0.328. The number of morpholine rings is 1. The molecule has 2 atom stereocenters. The summed E-state index contributed by atoms with van der Waals surface area (Å²) in [5.74, 6) is 0.513. The van der Waals surface area contributed by atoms with E-state index in [2.05, 4.69) is 42.8 Å². The SMILES string of the molecule is CCC(c1ccc(SC)cc1)C1CNCCO1. The van der Waals surface area contributed by atoms with Crippen LogP contribution >= 0.6 is 11.8 Å². The maximum atomic E-state index is 5.87. The number of benzene rings is 1. The first-order valence-corrected chi connectivity index (χ1v) is 7.54. The van der Waals surface area contributed by atoms with Crippen LogP contribution in [-0.2, 0) is 4.74 Å².